The van der Waals surface area contributed by atoms with Gasteiger partial charge in [0.25, 0.3) is 0 Å². The van der Waals surface area contributed by atoms with Crippen LogP contribution in [0.25, 0.3) is 0 Å². The number of aliphatic hydroxyl groups excluding tert-OH is 1. The number of rotatable bonds is 7. The first-order valence-electron chi connectivity index (χ1n) is 9.66. The third-order valence-corrected chi connectivity index (χ3v) is 5.84. The summed E-state index contributed by atoms with van der Waals surface area (Å²) in [6.45, 7) is 4.63. The Bertz CT molecular complexity index is 990. The van der Waals surface area contributed by atoms with E-state index < -0.39 is 46.6 Å². The summed E-state index contributed by atoms with van der Waals surface area (Å²) >= 11 is 0.827. The molecule has 3 rings (SSSR count). The van der Waals surface area contributed by atoms with Gasteiger partial charge in [0.2, 0.25) is 0 Å². The number of carbonyl (C=O) groups excluding carboxylic acids is 1. The number of benzene rings is 2. The molecule has 2 N–H and O–H groups in total. The molecular formula is C21H22F4N2O3S. The molecule has 0 bridgehead atoms. The highest BCUT2D eigenvalue weighted by molar-refractivity contribution is 7.99. The number of nitrogens with one attached hydrogen (secondary N) is 1. The van der Waals surface area contributed by atoms with Gasteiger partial charge in [-0.15, -0.1) is 0 Å². The summed E-state index contributed by atoms with van der Waals surface area (Å²) < 4.78 is 63.9. The van der Waals surface area contributed by atoms with Crippen molar-refractivity contribution in [3.05, 3.63) is 57.7 Å². The lowest BCUT2D eigenvalue weighted by atomic mass is 9.99. The Morgan fingerprint density at radius 2 is 1.81 bits per heavy atom. The van der Waals surface area contributed by atoms with Crippen LogP contribution in [-0.4, -0.2) is 17.7 Å². The maximum absolute atomic E-state index is 14.1. The predicted octanol–water partition coefficient (Wildman–Crippen LogP) is 5.73. The van der Waals surface area contributed by atoms with E-state index in [1.165, 1.54) is 4.90 Å². The van der Waals surface area contributed by atoms with E-state index in [0.29, 0.717) is 35.5 Å². The van der Waals surface area contributed by atoms with Crippen molar-refractivity contribution in [3.63, 3.8) is 0 Å². The van der Waals surface area contributed by atoms with E-state index in [1.807, 2.05) is 6.92 Å². The second-order valence-electron chi connectivity index (χ2n) is 7.16. The number of nitrogens with zero attached hydrogens (tertiary/aromatic N) is 1. The summed E-state index contributed by atoms with van der Waals surface area (Å²) in [5, 5.41) is 9.84. The van der Waals surface area contributed by atoms with Crippen LogP contribution in [-0.2, 0) is 17.1 Å². The standard InChI is InChI=1S/C21H22F4N2O3S/c1-4-5-27-20-12(8-28)6-13(7-14(20)11(3)30-21(27)29)26-31-9-15-18(24)16(22)10(2)17(23)19(15)25/h6-7,11,26,28H,4-5,8-9H2,1-3H3. The molecule has 1 heterocycles. The van der Waals surface area contributed by atoms with Crippen LogP contribution in [0.2, 0.25) is 0 Å². The number of fused-ring (bicyclic) bond motifs is 1. The van der Waals surface area contributed by atoms with Crippen molar-refractivity contribution in [1.82, 2.24) is 0 Å². The van der Waals surface area contributed by atoms with Crippen molar-refractivity contribution in [2.45, 2.75) is 45.7 Å². The van der Waals surface area contributed by atoms with Crippen LogP contribution in [0, 0.1) is 30.2 Å². The highest BCUT2D eigenvalue weighted by atomic mass is 32.2. The zero-order valence-corrected chi connectivity index (χ0v) is 18.0. The Kier molecular flexibility index (Phi) is 7.00. The Hall–Kier alpha value is -2.46. The first-order chi connectivity index (χ1) is 14.7. The highest BCUT2D eigenvalue weighted by Gasteiger charge is 2.32. The van der Waals surface area contributed by atoms with Crippen LogP contribution in [0.4, 0.5) is 33.7 Å². The van der Waals surface area contributed by atoms with E-state index in [4.69, 9.17) is 4.74 Å². The molecule has 1 aliphatic heterocycles. The zero-order valence-electron chi connectivity index (χ0n) is 17.2. The van der Waals surface area contributed by atoms with Crippen LogP contribution >= 0.6 is 11.9 Å². The van der Waals surface area contributed by atoms with Crippen LogP contribution in [0.3, 0.4) is 0 Å². The van der Waals surface area contributed by atoms with Gasteiger partial charge in [0, 0.05) is 40.2 Å². The smallest absolute Gasteiger partial charge is 0.414 e. The van der Waals surface area contributed by atoms with Gasteiger partial charge >= 0.3 is 6.09 Å². The lowest BCUT2D eigenvalue weighted by Gasteiger charge is -2.34. The molecule has 2 aromatic carbocycles. The first-order valence-corrected chi connectivity index (χ1v) is 10.6. The summed E-state index contributed by atoms with van der Waals surface area (Å²) in [4.78, 5) is 13.7. The van der Waals surface area contributed by atoms with Crippen molar-refractivity contribution in [3.8, 4) is 0 Å². The number of hydrogen-bond donors (Lipinski definition) is 2. The van der Waals surface area contributed by atoms with Gasteiger partial charge in [-0.05, 0) is 44.3 Å². The van der Waals surface area contributed by atoms with Crippen LogP contribution in [0.1, 0.15) is 48.6 Å². The third-order valence-electron chi connectivity index (χ3n) is 5.02. The second-order valence-corrected chi connectivity index (χ2v) is 7.94. The molecule has 1 aliphatic rings. The zero-order chi connectivity index (χ0) is 22.9. The lowest BCUT2D eigenvalue weighted by Crippen LogP contribution is -2.38. The van der Waals surface area contributed by atoms with Crippen molar-refractivity contribution < 1.29 is 32.2 Å². The molecule has 10 heteroatoms. The van der Waals surface area contributed by atoms with Crippen LogP contribution < -0.4 is 9.62 Å². The molecule has 31 heavy (non-hydrogen) atoms. The van der Waals surface area contributed by atoms with Gasteiger partial charge in [-0.3, -0.25) is 4.90 Å². The van der Waals surface area contributed by atoms with Gasteiger partial charge in [0.05, 0.1) is 12.3 Å². The molecule has 1 amide bonds. The maximum Gasteiger partial charge on any atom is 0.414 e. The molecule has 0 fully saturated rings. The number of cyclic esters (lactones) is 1. The number of aliphatic hydroxyl groups is 1. The SMILES string of the molecule is CCCN1C(=O)OC(C)c2cc(NSCc3c(F)c(F)c(C)c(F)c3F)cc(CO)c21. The van der Waals surface area contributed by atoms with Gasteiger partial charge in [-0.1, -0.05) is 6.92 Å². The number of halogens is 4. The van der Waals surface area contributed by atoms with E-state index in [1.54, 1.807) is 19.1 Å². The molecule has 0 saturated heterocycles. The van der Waals surface area contributed by atoms with E-state index in [-0.39, 0.29) is 12.4 Å². The fourth-order valence-electron chi connectivity index (χ4n) is 3.44. The number of amides is 1. The minimum Gasteiger partial charge on any atom is -0.441 e. The Labute approximate surface area is 181 Å². The van der Waals surface area contributed by atoms with Gasteiger partial charge < -0.3 is 14.6 Å². The Morgan fingerprint density at radius 3 is 2.39 bits per heavy atom. The molecule has 0 saturated carbocycles. The van der Waals surface area contributed by atoms with E-state index in [9.17, 15) is 27.5 Å². The van der Waals surface area contributed by atoms with E-state index >= 15 is 0 Å². The van der Waals surface area contributed by atoms with E-state index in [2.05, 4.69) is 4.72 Å². The molecule has 1 atom stereocenters. The third kappa shape index (κ3) is 4.31. The summed E-state index contributed by atoms with van der Waals surface area (Å²) in [7, 11) is 0. The number of ether oxygens (including phenoxy) is 1. The molecule has 2 aromatic rings. The fourth-order valence-corrected chi connectivity index (χ4v) is 4.19. The van der Waals surface area contributed by atoms with Gasteiger partial charge in [-0.2, -0.15) is 0 Å². The van der Waals surface area contributed by atoms with Gasteiger partial charge in [0.1, 0.15) is 6.10 Å². The molecule has 0 spiro atoms. The minimum absolute atomic E-state index is 0.347. The summed E-state index contributed by atoms with van der Waals surface area (Å²) in [5.74, 6) is -6.08. The number of hydrogen-bond acceptors (Lipinski definition) is 5. The summed E-state index contributed by atoms with van der Waals surface area (Å²) in [6, 6.07) is 3.30. The number of carbonyl (C=O) groups is 1. The summed E-state index contributed by atoms with van der Waals surface area (Å²) in [5.41, 5.74) is 0.759. The summed E-state index contributed by atoms with van der Waals surface area (Å²) in [6.07, 6.45) is -0.381. The monoisotopic (exact) mass is 458 g/mol. The molecule has 168 valence electrons. The Balaban J connectivity index is 1.86. The normalized spacial score (nSPS) is 15.7. The van der Waals surface area contributed by atoms with Gasteiger partial charge in [-0.25, -0.2) is 22.4 Å². The second kappa shape index (κ2) is 9.35. The largest absolute Gasteiger partial charge is 0.441 e. The van der Waals surface area contributed by atoms with Crippen LogP contribution in [0.5, 0.6) is 0 Å². The number of anilines is 2. The molecule has 5 nitrogen and oxygen atoms in total. The van der Waals surface area contributed by atoms with Crippen molar-refractivity contribution in [2.24, 2.45) is 0 Å². The minimum atomic E-state index is -1.43. The van der Waals surface area contributed by atoms with Crippen LogP contribution in [0.15, 0.2) is 12.1 Å². The predicted molar refractivity (Wildman–Crippen MR) is 111 cm³/mol. The van der Waals surface area contributed by atoms with E-state index in [0.717, 1.165) is 18.9 Å². The van der Waals surface area contributed by atoms with Crippen molar-refractivity contribution in [2.75, 3.05) is 16.2 Å². The first kappa shape index (κ1) is 23.2. The quantitative estimate of drug-likeness (QED) is 0.315. The highest BCUT2D eigenvalue weighted by Crippen LogP contribution is 2.40. The Morgan fingerprint density at radius 1 is 1.16 bits per heavy atom. The maximum atomic E-state index is 14.1. The molecular weight excluding hydrogens is 436 g/mol. The molecule has 0 aliphatic carbocycles. The average Bonchev–Trinajstić information content (AvgIpc) is 2.75. The molecule has 0 radical (unpaired) electrons. The fraction of sp³-hybridized carbons (Fsp3) is 0.381. The molecule has 1 unspecified atom stereocenters. The molecule has 0 aromatic heterocycles. The topological polar surface area (TPSA) is 61.8 Å². The average molecular weight is 458 g/mol. The van der Waals surface area contributed by atoms with Crippen molar-refractivity contribution in [1.29, 1.82) is 0 Å². The lowest BCUT2D eigenvalue weighted by molar-refractivity contribution is 0.107. The van der Waals surface area contributed by atoms with Crippen molar-refractivity contribution >= 4 is 29.4 Å². The van der Waals surface area contributed by atoms with Gasteiger partial charge in [0.15, 0.2) is 23.3 Å².